The second kappa shape index (κ2) is 14.3. The molecule has 0 spiro atoms. The van der Waals surface area contributed by atoms with Crippen LogP contribution < -0.4 is 27.4 Å². The number of hydrogen-bond donors (Lipinski definition) is 8. The number of carbonyl (C=O) groups is 6. The van der Waals surface area contributed by atoms with Crippen LogP contribution in [0.3, 0.4) is 0 Å². The molecule has 4 amide bonds. The van der Waals surface area contributed by atoms with Crippen LogP contribution in [0.2, 0.25) is 0 Å². The van der Waals surface area contributed by atoms with Crippen molar-refractivity contribution in [3.63, 3.8) is 0 Å². The van der Waals surface area contributed by atoms with Crippen LogP contribution >= 0.6 is 0 Å². The average Bonchev–Trinajstić information content (AvgIpc) is 2.79. The molecule has 14 heteroatoms. The van der Waals surface area contributed by atoms with Gasteiger partial charge in [0.05, 0.1) is 19.1 Å². The average molecular weight is 495 g/mol. The monoisotopic (exact) mass is 495 g/mol. The Kier molecular flexibility index (Phi) is 11.8. The predicted molar refractivity (Wildman–Crippen MR) is 119 cm³/mol. The van der Waals surface area contributed by atoms with Gasteiger partial charge in [0.2, 0.25) is 23.6 Å². The zero-order valence-electron chi connectivity index (χ0n) is 18.7. The topological polar surface area (TPSA) is 251 Å². The molecule has 1 aromatic carbocycles. The number of hydrogen-bond acceptors (Lipinski definition) is 8. The van der Waals surface area contributed by atoms with E-state index >= 15 is 0 Å². The van der Waals surface area contributed by atoms with E-state index in [4.69, 9.17) is 16.6 Å². The minimum Gasteiger partial charge on any atom is -0.481 e. The van der Waals surface area contributed by atoms with Crippen LogP contribution in [0.5, 0.6) is 0 Å². The maximum Gasteiger partial charge on any atom is 0.326 e. The zero-order chi connectivity index (χ0) is 26.5. The van der Waals surface area contributed by atoms with E-state index in [0.29, 0.717) is 5.56 Å². The first-order chi connectivity index (χ1) is 16.4. The van der Waals surface area contributed by atoms with Crippen LogP contribution in [0.1, 0.15) is 24.8 Å². The Morgan fingerprint density at radius 2 is 1.37 bits per heavy atom. The van der Waals surface area contributed by atoms with Crippen molar-refractivity contribution in [3.05, 3.63) is 35.9 Å². The lowest BCUT2D eigenvalue weighted by Gasteiger charge is -2.24. The molecular weight excluding hydrogens is 466 g/mol. The van der Waals surface area contributed by atoms with Gasteiger partial charge in [0.15, 0.2) is 0 Å². The molecule has 0 fully saturated rings. The first kappa shape index (κ1) is 29.0. The fourth-order valence-corrected chi connectivity index (χ4v) is 2.88. The molecule has 0 aliphatic rings. The molecule has 1 aromatic rings. The van der Waals surface area contributed by atoms with Gasteiger partial charge in [-0.15, -0.1) is 0 Å². The SMILES string of the molecule is NC(=O)CCC(N)C(=O)NC(CO)C(=O)NC(Cc1ccccc1)C(=O)NC(CC(=O)O)C(=O)O. The molecule has 0 aromatic heterocycles. The number of aliphatic carboxylic acids is 2. The van der Waals surface area contributed by atoms with Gasteiger partial charge in [-0.3, -0.25) is 24.0 Å². The Balaban J connectivity index is 2.99. The lowest BCUT2D eigenvalue weighted by Crippen LogP contribution is -2.58. The Morgan fingerprint density at radius 1 is 0.829 bits per heavy atom. The summed E-state index contributed by atoms with van der Waals surface area (Å²) in [7, 11) is 0. The number of carboxylic acid groups (broad SMARTS) is 2. The predicted octanol–water partition coefficient (Wildman–Crippen LogP) is -3.17. The van der Waals surface area contributed by atoms with Crippen LogP contribution in [-0.4, -0.2) is 81.7 Å². The van der Waals surface area contributed by atoms with Gasteiger partial charge >= 0.3 is 11.9 Å². The summed E-state index contributed by atoms with van der Waals surface area (Å²) in [6.45, 7) is -0.865. The molecule has 0 aliphatic carbocycles. The number of nitrogens with one attached hydrogen (secondary N) is 3. The molecule has 0 aliphatic heterocycles. The fraction of sp³-hybridized carbons (Fsp3) is 0.429. The summed E-state index contributed by atoms with van der Waals surface area (Å²) in [6, 6.07) is 2.47. The summed E-state index contributed by atoms with van der Waals surface area (Å²) >= 11 is 0. The number of carbonyl (C=O) groups excluding carboxylic acids is 4. The standard InChI is InChI=1S/C21H29N5O9/c22-12(6-7-16(23)28)18(31)26-15(10-27)20(33)24-13(8-11-4-2-1-3-5-11)19(32)25-14(21(34)35)9-17(29)30/h1-5,12-15,27H,6-10,22H2,(H2,23,28)(H,24,33)(H,25,32)(H,26,31)(H,29,30)(H,34,35). The first-order valence-electron chi connectivity index (χ1n) is 10.5. The fourth-order valence-electron chi connectivity index (χ4n) is 2.88. The van der Waals surface area contributed by atoms with Gasteiger partial charge in [0, 0.05) is 12.8 Å². The summed E-state index contributed by atoms with van der Waals surface area (Å²) in [6.07, 6.45) is -1.28. The molecule has 0 heterocycles. The summed E-state index contributed by atoms with van der Waals surface area (Å²) in [5.74, 6) is -6.55. The van der Waals surface area contributed by atoms with Crippen molar-refractivity contribution in [2.45, 2.75) is 49.9 Å². The van der Waals surface area contributed by atoms with Crippen molar-refractivity contribution in [3.8, 4) is 0 Å². The first-order valence-corrected chi connectivity index (χ1v) is 10.5. The van der Waals surface area contributed by atoms with Gasteiger partial charge in [0.25, 0.3) is 0 Å². The largest absolute Gasteiger partial charge is 0.481 e. The third kappa shape index (κ3) is 10.6. The quantitative estimate of drug-likeness (QED) is 0.121. The molecule has 1 rings (SSSR count). The van der Waals surface area contributed by atoms with Crippen LogP contribution in [-0.2, 0) is 35.2 Å². The van der Waals surface area contributed by atoms with Gasteiger partial charge in [-0.2, -0.15) is 0 Å². The Bertz CT molecular complexity index is 925. The molecule has 192 valence electrons. The number of rotatable bonds is 15. The van der Waals surface area contributed by atoms with Gasteiger partial charge in [-0.05, 0) is 12.0 Å². The van der Waals surface area contributed by atoms with Crippen molar-refractivity contribution in [1.29, 1.82) is 0 Å². The highest BCUT2D eigenvalue weighted by molar-refractivity contribution is 5.95. The van der Waals surface area contributed by atoms with E-state index in [1.54, 1.807) is 30.3 Å². The normalized spacial score (nSPS) is 14.0. The molecular formula is C21H29N5O9. The number of primary amides is 1. The second-order valence-electron chi connectivity index (χ2n) is 7.60. The molecule has 0 bridgehead atoms. The second-order valence-corrected chi connectivity index (χ2v) is 7.60. The Morgan fingerprint density at radius 3 is 1.89 bits per heavy atom. The zero-order valence-corrected chi connectivity index (χ0v) is 18.7. The highest BCUT2D eigenvalue weighted by Crippen LogP contribution is 2.06. The number of nitrogens with two attached hydrogens (primary N) is 2. The van der Waals surface area contributed by atoms with Crippen molar-refractivity contribution in [1.82, 2.24) is 16.0 Å². The Labute approximate surface area is 200 Å². The number of aliphatic hydroxyl groups excluding tert-OH is 1. The maximum absolute atomic E-state index is 12.8. The Hall–Kier alpha value is -4.04. The molecule has 4 atom stereocenters. The van der Waals surface area contributed by atoms with Gasteiger partial charge < -0.3 is 42.7 Å². The van der Waals surface area contributed by atoms with Gasteiger partial charge in [-0.25, -0.2) is 4.79 Å². The summed E-state index contributed by atoms with van der Waals surface area (Å²) in [4.78, 5) is 70.8. The third-order valence-electron chi connectivity index (χ3n) is 4.76. The van der Waals surface area contributed by atoms with Gasteiger partial charge in [0.1, 0.15) is 18.1 Å². The van der Waals surface area contributed by atoms with Crippen molar-refractivity contribution in [2.24, 2.45) is 11.5 Å². The molecule has 10 N–H and O–H groups in total. The van der Waals surface area contributed by atoms with Crippen LogP contribution in [0.15, 0.2) is 30.3 Å². The number of carboxylic acids is 2. The maximum atomic E-state index is 12.8. The van der Waals surface area contributed by atoms with E-state index in [1.807, 2.05) is 0 Å². The van der Waals surface area contributed by atoms with E-state index in [0.717, 1.165) is 0 Å². The van der Waals surface area contributed by atoms with E-state index in [-0.39, 0.29) is 19.3 Å². The summed E-state index contributed by atoms with van der Waals surface area (Å²) in [5.41, 5.74) is 11.2. The summed E-state index contributed by atoms with van der Waals surface area (Å²) < 4.78 is 0. The lowest BCUT2D eigenvalue weighted by atomic mass is 10.0. The molecule has 0 saturated heterocycles. The smallest absolute Gasteiger partial charge is 0.326 e. The molecule has 14 nitrogen and oxygen atoms in total. The number of aliphatic hydroxyl groups is 1. The number of amides is 4. The van der Waals surface area contributed by atoms with E-state index in [9.17, 15) is 39.0 Å². The van der Waals surface area contributed by atoms with Gasteiger partial charge in [-0.1, -0.05) is 30.3 Å². The molecule has 0 radical (unpaired) electrons. The van der Waals surface area contributed by atoms with E-state index in [2.05, 4.69) is 16.0 Å². The van der Waals surface area contributed by atoms with E-state index in [1.165, 1.54) is 0 Å². The van der Waals surface area contributed by atoms with E-state index < -0.39 is 72.8 Å². The van der Waals surface area contributed by atoms with Crippen LogP contribution in [0.25, 0.3) is 0 Å². The number of benzene rings is 1. The molecule has 35 heavy (non-hydrogen) atoms. The van der Waals surface area contributed by atoms with Crippen LogP contribution in [0.4, 0.5) is 0 Å². The third-order valence-corrected chi connectivity index (χ3v) is 4.76. The lowest BCUT2D eigenvalue weighted by molar-refractivity contribution is -0.147. The minimum absolute atomic E-state index is 0.0971. The molecule has 4 unspecified atom stereocenters. The highest BCUT2D eigenvalue weighted by atomic mass is 16.4. The molecule has 0 saturated carbocycles. The minimum atomic E-state index is -1.76. The van der Waals surface area contributed by atoms with Crippen LogP contribution in [0, 0.1) is 0 Å². The van der Waals surface area contributed by atoms with Crippen molar-refractivity contribution < 1.29 is 44.1 Å². The summed E-state index contributed by atoms with van der Waals surface area (Å²) in [5, 5.41) is 34.2. The van der Waals surface area contributed by atoms with Crippen molar-refractivity contribution in [2.75, 3.05) is 6.61 Å². The van der Waals surface area contributed by atoms with Crippen molar-refractivity contribution >= 4 is 35.6 Å². The highest BCUT2D eigenvalue weighted by Gasteiger charge is 2.31.